The van der Waals surface area contributed by atoms with Crippen molar-refractivity contribution in [1.82, 2.24) is 15.3 Å². The Balaban J connectivity index is 1.62. The first kappa shape index (κ1) is 24.7. The second-order valence-corrected chi connectivity index (χ2v) is 9.16. The summed E-state index contributed by atoms with van der Waals surface area (Å²) in [5.41, 5.74) is 0.521. The van der Waals surface area contributed by atoms with Crippen molar-refractivity contribution in [1.29, 1.82) is 0 Å². The van der Waals surface area contributed by atoms with Gasteiger partial charge in [-0.1, -0.05) is 42.5 Å². The maximum absolute atomic E-state index is 14.5. The number of imidazole rings is 1. The van der Waals surface area contributed by atoms with Crippen molar-refractivity contribution in [2.24, 2.45) is 0 Å². The molecule has 0 radical (unpaired) electrons. The third kappa shape index (κ3) is 5.78. The van der Waals surface area contributed by atoms with Crippen molar-refractivity contribution in [2.75, 3.05) is 11.9 Å². The zero-order chi connectivity index (χ0) is 24.5. The summed E-state index contributed by atoms with van der Waals surface area (Å²) in [7, 11) is 0. The van der Waals surface area contributed by atoms with Crippen LogP contribution in [0, 0.1) is 0 Å². The van der Waals surface area contributed by atoms with Crippen LogP contribution in [0.1, 0.15) is 42.5 Å². The fourth-order valence-electron chi connectivity index (χ4n) is 4.02. The van der Waals surface area contributed by atoms with E-state index in [9.17, 15) is 22.4 Å². The molecule has 3 N–H and O–H groups in total. The third-order valence-electron chi connectivity index (χ3n) is 5.71. The number of carbonyl (C=O) groups excluding carboxylic acids is 1. The number of ether oxygens (including phenoxy) is 1. The van der Waals surface area contributed by atoms with Gasteiger partial charge in [0.05, 0.1) is 21.6 Å². The maximum Gasteiger partial charge on any atom is 0.422 e. The highest BCUT2D eigenvalue weighted by atomic mass is 35.5. The van der Waals surface area contributed by atoms with Gasteiger partial charge < -0.3 is 20.4 Å². The molecule has 1 amide bonds. The second kappa shape index (κ2) is 10.0. The van der Waals surface area contributed by atoms with Crippen LogP contribution >= 0.6 is 23.2 Å². The number of amides is 1. The lowest BCUT2D eigenvalue weighted by atomic mass is 9.95. The van der Waals surface area contributed by atoms with Gasteiger partial charge in [0, 0.05) is 17.1 Å². The van der Waals surface area contributed by atoms with Gasteiger partial charge >= 0.3 is 6.18 Å². The van der Waals surface area contributed by atoms with E-state index in [1.54, 1.807) is 0 Å². The number of hydrogen-bond acceptors (Lipinski definition) is 4. The molecule has 1 fully saturated rings. The van der Waals surface area contributed by atoms with E-state index in [0.29, 0.717) is 5.52 Å². The van der Waals surface area contributed by atoms with E-state index in [0.717, 1.165) is 32.1 Å². The van der Waals surface area contributed by atoms with Gasteiger partial charge in [0.2, 0.25) is 5.95 Å². The zero-order valence-corrected chi connectivity index (χ0v) is 19.3. The third-order valence-corrected chi connectivity index (χ3v) is 6.40. The number of aromatic nitrogens is 2. The van der Waals surface area contributed by atoms with E-state index in [1.807, 2.05) is 0 Å². The molecule has 2 aliphatic carbocycles. The first-order chi connectivity index (χ1) is 16.1. The van der Waals surface area contributed by atoms with Crippen LogP contribution in [0.25, 0.3) is 11.0 Å². The number of anilines is 1. The standard InChI is InChI=1S/C22H22Cl2F4N4O2/c23-13-6-7-14(24)19(18(13)25)32-21-30-15-8-12(20(33)29-11-4-2-1-3-5-11)17(9-16(15)31-21)34-10-22(26,27)28/h6-9,11,18-19H,1-5,10H2,(H,29,33)(H2,30,31,32). The molecular weight excluding hydrogens is 499 g/mol. The molecule has 4 rings (SSSR count). The molecule has 1 saturated carbocycles. The molecule has 12 heteroatoms. The summed E-state index contributed by atoms with van der Waals surface area (Å²) in [6.45, 7) is -1.56. The Hall–Kier alpha value is -2.46. The molecule has 0 saturated heterocycles. The number of fused-ring (bicyclic) bond motifs is 1. The van der Waals surface area contributed by atoms with Gasteiger partial charge in [-0.25, -0.2) is 9.37 Å². The molecule has 1 heterocycles. The van der Waals surface area contributed by atoms with E-state index in [1.165, 1.54) is 24.3 Å². The van der Waals surface area contributed by atoms with Crippen molar-refractivity contribution in [3.05, 3.63) is 39.9 Å². The molecular formula is C22H22Cl2F4N4O2. The Morgan fingerprint density at radius 1 is 1.15 bits per heavy atom. The molecule has 0 bridgehead atoms. The number of nitrogens with one attached hydrogen (secondary N) is 3. The van der Waals surface area contributed by atoms with Gasteiger partial charge in [-0.2, -0.15) is 13.2 Å². The molecule has 0 aliphatic heterocycles. The summed E-state index contributed by atoms with van der Waals surface area (Å²) < 4.78 is 57.9. The fraction of sp³-hybridized carbons (Fsp3) is 0.455. The normalized spacial score (nSPS) is 21.7. The van der Waals surface area contributed by atoms with Gasteiger partial charge in [0.1, 0.15) is 11.8 Å². The predicted octanol–water partition coefficient (Wildman–Crippen LogP) is 5.94. The van der Waals surface area contributed by atoms with E-state index in [-0.39, 0.29) is 38.9 Å². The number of benzene rings is 1. The van der Waals surface area contributed by atoms with Crippen molar-refractivity contribution in [3.63, 3.8) is 0 Å². The first-order valence-electron chi connectivity index (χ1n) is 10.8. The summed E-state index contributed by atoms with van der Waals surface area (Å²) in [5, 5.41) is 5.81. The van der Waals surface area contributed by atoms with Crippen LogP contribution in [-0.4, -0.2) is 46.9 Å². The number of nitrogens with zero attached hydrogens (tertiary/aromatic N) is 1. The van der Waals surface area contributed by atoms with E-state index in [4.69, 9.17) is 27.9 Å². The monoisotopic (exact) mass is 520 g/mol. The zero-order valence-electron chi connectivity index (χ0n) is 17.8. The lowest BCUT2D eigenvalue weighted by Crippen LogP contribution is -2.36. The lowest BCUT2D eigenvalue weighted by molar-refractivity contribution is -0.153. The summed E-state index contributed by atoms with van der Waals surface area (Å²) in [6, 6.07) is 1.56. The Morgan fingerprint density at radius 3 is 2.56 bits per heavy atom. The molecule has 2 aromatic rings. The highest BCUT2D eigenvalue weighted by molar-refractivity contribution is 6.33. The van der Waals surface area contributed by atoms with Crippen LogP contribution in [0.3, 0.4) is 0 Å². The Kier molecular flexibility index (Phi) is 7.28. The number of aromatic amines is 1. The van der Waals surface area contributed by atoms with Crippen molar-refractivity contribution in [2.45, 2.75) is 56.5 Å². The van der Waals surface area contributed by atoms with Gasteiger partial charge in [-0.05, 0) is 31.1 Å². The minimum atomic E-state index is -4.59. The molecule has 2 atom stereocenters. The van der Waals surface area contributed by atoms with Gasteiger partial charge in [0.15, 0.2) is 12.8 Å². The number of H-pyrrole nitrogens is 1. The number of carbonyl (C=O) groups is 1. The minimum absolute atomic E-state index is 0.0393. The topological polar surface area (TPSA) is 79.0 Å². The number of hydrogen-bond donors (Lipinski definition) is 3. The highest BCUT2D eigenvalue weighted by Gasteiger charge is 2.31. The number of rotatable bonds is 6. The Labute approximate surface area is 202 Å². The van der Waals surface area contributed by atoms with Gasteiger partial charge in [-0.15, -0.1) is 0 Å². The van der Waals surface area contributed by atoms with E-state index >= 15 is 0 Å². The molecule has 1 aromatic carbocycles. The quantitative estimate of drug-likeness (QED) is 0.411. The van der Waals surface area contributed by atoms with Crippen LogP contribution in [0.15, 0.2) is 34.3 Å². The van der Waals surface area contributed by atoms with Crippen LogP contribution < -0.4 is 15.4 Å². The van der Waals surface area contributed by atoms with Crippen molar-refractivity contribution in [3.8, 4) is 5.75 Å². The van der Waals surface area contributed by atoms with Gasteiger partial charge in [0.25, 0.3) is 5.91 Å². The van der Waals surface area contributed by atoms with E-state index in [2.05, 4.69) is 20.6 Å². The van der Waals surface area contributed by atoms with E-state index < -0.39 is 30.9 Å². The molecule has 2 aliphatic rings. The molecule has 2 unspecified atom stereocenters. The second-order valence-electron chi connectivity index (χ2n) is 8.29. The fourth-order valence-corrected chi connectivity index (χ4v) is 4.43. The molecule has 34 heavy (non-hydrogen) atoms. The Bertz CT molecular complexity index is 1130. The highest BCUT2D eigenvalue weighted by Crippen LogP contribution is 2.32. The van der Waals surface area contributed by atoms with Crippen LogP contribution in [-0.2, 0) is 0 Å². The summed E-state index contributed by atoms with van der Waals surface area (Å²) in [6.07, 6.45) is 1.26. The van der Waals surface area contributed by atoms with Crippen LogP contribution in [0.5, 0.6) is 5.75 Å². The summed E-state index contributed by atoms with van der Waals surface area (Å²) in [5.74, 6) is -0.678. The molecule has 0 spiro atoms. The molecule has 184 valence electrons. The number of halogens is 6. The van der Waals surface area contributed by atoms with Crippen LogP contribution in [0.2, 0.25) is 0 Å². The SMILES string of the molecule is O=C(NC1CCCCC1)c1cc2[nH]c(NC3C(Cl)=CC=C(Cl)C3F)nc2cc1OCC(F)(F)F. The smallest absolute Gasteiger partial charge is 0.422 e. The predicted molar refractivity (Wildman–Crippen MR) is 122 cm³/mol. The largest absolute Gasteiger partial charge is 0.483 e. The number of allylic oxidation sites excluding steroid dienone is 2. The minimum Gasteiger partial charge on any atom is -0.483 e. The maximum atomic E-state index is 14.5. The van der Waals surface area contributed by atoms with Gasteiger partial charge in [-0.3, -0.25) is 4.79 Å². The summed E-state index contributed by atoms with van der Waals surface area (Å²) in [4.78, 5) is 20.1. The Morgan fingerprint density at radius 2 is 1.85 bits per heavy atom. The average molecular weight is 521 g/mol. The van der Waals surface area contributed by atoms with Crippen molar-refractivity contribution < 1.29 is 27.1 Å². The lowest BCUT2D eigenvalue weighted by Gasteiger charge is -2.23. The van der Waals surface area contributed by atoms with Crippen LogP contribution in [0.4, 0.5) is 23.5 Å². The molecule has 6 nitrogen and oxygen atoms in total. The first-order valence-corrected chi connectivity index (χ1v) is 11.5. The molecule has 1 aromatic heterocycles. The number of alkyl halides is 4. The average Bonchev–Trinajstić information content (AvgIpc) is 3.19. The summed E-state index contributed by atoms with van der Waals surface area (Å²) >= 11 is 12.0. The van der Waals surface area contributed by atoms with Crippen molar-refractivity contribution >= 4 is 46.1 Å².